The number of carboxylic acid groups (broad SMARTS) is 1. The molecule has 1 saturated heterocycles. The van der Waals surface area contributed by atoms with E-state index in [1.165, 1.54) is 0 Å². The molecule has 0 aromatic heterocycles. The van der Waals surface area contributed by atoms with Gasteiger partial charge in [0.25, 0.3) is 0 Å². The van der Waals surface area contributed by atoms with Gasteiger partial charge in [-0.1, -0.05) is 6.92 Å². The summed E-state index contributed by atoms with van der Waals surface area (Å²) in [5.41, 5.74) is 0. The highest BCUT2D eigenvalue weighted by atomic mass is 16.4. The third kappa shape index (κ3) is 6.33. The predicted octanol–water partition coefficient (Wildman–Crippen LogP) is 1.76. The van der Waals surface area contributed by atoms with Crippen LogP contribution < -0.4 is 5.32 Å². The molecule has 1 atom stereocenters. The van der Waals surface area contributed by atoms with Gasteiger partial charge in [0.15, 0.2) is 0 Å². The first-order valence-corrected chi connectivity index (χ1v) is 7.91. The number of amides is 2. The van der Waals surface area contributed by atoms with Crippen LogP contribution in [0.25, 0.3) is 0 Å². The van der Waals surface area contributed by atoms with Crippen molar-refractivity contribution in [2.24, 2.45) is 0 Å². The van der Waals surface area contributed by atoms with Gasteiger partial charge < -0.3 is 20.2 Å². The summed E-state index contributed by atoms with van der Waals surface area (Å²) in [6, 6.07) is 0.266. The second-order valence-electron chi connectivity index (χ2n) is 5.91. The zero-order valence-electron chi connectivity index (χ0n) is 13.5. The first kappa shape index (κ1) is 17.8. The molecule has 1 fully saturated rings. The molecule has 21 heavy (non-hydrogen) atoms. The van der Waals surface area contributed by atoms with E-state index >= 15 is 0 Å². The maximum atomic E-state index is 12.2. The summed E-state index contributed by atoms with van der Waals surface area (Å²) in [7, 11) is 1.85. The summed E-state index contributed by atoms with van der Waals surface area (Å²) in [6.45, 7) is 7.26. The third-order valence-electron chi connectivity index (χ3n) is 4.27. The van der Waals surface area contributed by atoms with Gasteiger partial charge in [-0.2, -0.15) is 0 Å². The molecule has 1 heterocycles. The SMILES string of the molecule is CCN1CCC(N(C)C(=O)NC(C)CCCC(=O)O)CC1. The predicted molar refractivity (Wildman–Crippen MR) is 82.4 cm³/mol. The topological polar surface area (TPSA) is 72.9 Å². The maximum absolute atomic E-state index is 12.2. The van der Waals surface area contributed by atoms with Crippen LogP contribution in [0.1, 0.15) is 46.0 Å². The van der Waals surface area contributed by atoms with Crippen molar-refractivity contribution in [3.05, 3.63) is 0 Å². The Labute approximate surface area is 127 Å². The minimum atomic E-state index is -0.784. The van der Waals surface area contributed by atoms with Gasteiger partial charge in [-0.15, -0.1) is 0 Å². The zero-order valence-corrected chi connectivity index (χ0v) is 13.5. The molecule has 0 radical (unpaired) electrons. The van der Waals surface area contributed by atoms with Crippen LogP contribution in [0.3, 0.4) is 0 Å². The van der Waals surface area contributed by atoms with E-state index in [1.54, 1.807) is 4.90 Å². The highest BCUT2D eigenvalue weighted by Gasteiger charge is 2.25. The number of rotatable bonds is 7. The molecule has 0 spiro atoms. The number of carboxylic acids is 1. The number of nitrogens with one attached hydrogen (secondary N) is 1. The summed E-state index contributed by atoms with van der Waals surface area (Å²) < 4.78 is 0. The van der Waals surface area contributed by atoms with Crippen LogP contribution in [0, 0.1) is 0 Å². The fraction of sp³-hybridized carbons (Fsp3) is 0.867. The van der Waals surface area contributed by atoms with Gasteiger partial charge in [-0.3, -0.25) is 4.79 Å². The van der Waals surface area contributed by atoms with E-state index in [0.717, 1.165) is 32.5 Å². The van der Waals surface area contributed by atoms with Crippen LogP contribution in [0.15, 0.2) is 0 Å². The highest BCUT2D eigenvalue weighted by Crippen LogP contribution is 2.15. The van der Waals surface area contributed by atoms with Crippen LogP contribution in [0.4, 0.5) is 4.79 Å². The Bertz CT molecular complexity index is 341. The summed E-state index contributed by atoms with van der Waals surface area (Å²) in [5, 5.41) is 11.6. The van der Waals surface area contributed by atoms with Gasteiger partial charge in [0.05, 0.1) is 0 Å². The van der Waals surface area contributed by atoms with E-state index in [9.17, 15) is 9.59 Å². The minimum Gasteiger partial charge on any atom is -0.481 e. The molecule has 0 saturated carbocycles. The lowest BCUT2D eigenvalue weighted by Crippen LogP contribution is -2.50. The zero-order chi connectivity index (χ0) is 15.8. The third-order valence-corrected chi connectivity index (χ3v) is 4.27. The smallest absolute Gasteiger partial charge is 0.317 e. The summed E-state index contributed by atoms with van der Waals surface area (Å²) in [4.78, 5) is 26.9. The number of piperidine rings is 1. The van der Waals surface area contributed by atoms with Gasteiger partial charge in [-0.05, 0) is 39.2 Å². The van der Waals surface area contributed by atoms with E-state index in [-0.39, 0.29) is 18.5 Å². The molecule has 0 aliphatic carbocycles. The molecular formula is C15H29N3O3. The van der Waals surface area contributed by atoms with Gasteiger partial charge in [-0.25, -0.2) is 4.79 Å². The van der Waals surface area contributed by atoms with E-state index < -0.39 is 5.97 Å². The number of hydrogen-bond acceptors (Lipinski definition) is 3. The summed E-state index contributed by atoms with van der Waals surface area (Å²) >= 11 is 0. The normalized spacial score (nSPS) is 18.2. The molecule has 6 nitrogen and oxygen atoms in total. The Morgan fingerprint density at radius 2 is 2.00 bits per heavy atom. The van der Waals surface area contributed by atoms with Crippen molar-refractivity contribution in [3.63, 3.8) is 0 Å². The largest absolute Gasteiger partial charge is 0.481 e. The monoisotopic (exact) mass is 299 g/mol. The van der Waals surface area contributed by atoms with Crippen molar-refractivity contribution in [1.29, 1.82) is 0 Å². The van der Waals surface area contributed by atoms with Crippen molar-refractivity contribution in [2.75, 3.05) is 26.7 Å². The molecular weight excluding hydrogens is 270 g/mol. The Morgan fingerprint density at radius 1 is 1.38 bits per heavy atom. The molecule has 1 aliphatic rings. The second-order valence-corrected chi connectivity index (χ2v) is 5.91. The van der Waals surface area contributed by atoms with E-state index in [1.807, 2.05) is 14.0 Å². The van der Waals surface area contributed by atoms with Gasteiger partial charge in [0.2, 0.25) is 0 Å². The molecule has 1 aliphatic heterocycles. The number of hydrogen-bond donors (Lipinski definition) is 2. The van der Waals surface area contributed by atoms with Crippen LogP contribution >= 0.6 is 0 Å². The summed E-state index contributed by atoms with van der Waals surface area (Å²) in [5.74, 6) is -0.784. The lowest BCUT2D eigenvalue weighted by molar-refractivity contribution is -0.137. The lowest BCUT2D eigenvalue weighted by Gasteiger charge is -2.36. The Kier molecular flexibility index (Phi) is 7.50. The first-order chi connectivity index (χ1) is 9.93. The Morgan fingerprint density at radius 3 is 2.52 bits per heavy atom. The van der Waals surface area contributed by atoms with Gasteiger partial charge in [0, 0.05) is 38.6 Å². The van der Waals surface area contributed by atoms with Crippen molar-refractivity contribution in [3.8, 4) is 0 Å². The Hall–Kier alpha value is -1.30. The standard InChI is InChI=1S/C15H29N3O3/c1-4-18-10-8-13(9-11-18)17(3)15(21)16-12(2)6-5-7-14(19)20/h12-13H,4-11H2,1-3H3,(H,16,21)(H,19,20). The lowest BCUT2D eigenvalue weighted by atomic mass is 10.0. The first-order valence-electron chi connectivity index (χ1n) is 7.91. The second kappa shape index (κ2) is 8.87. The number of nitrogens with zero attached hydrogens (tertiary/aromatic N) is 2. The van der Waals surface area contributed by atoms with E-state index in [4.69, 9.17) is 5.11 Å². The number of urea groups is 1. The fourth-order valence-electron chi connectivity index (χ4n) is 2.73. The molecule has 0 aromatic carbocycles. The molecule has 6 heteroatoms. The van der Waals surface area contributed by atoms with Crippen LogP contribution in [-0.2, 0) is 4.79 Å². The van der Waals surface area contributed by atoms with Crippen LogP contribution in [-0.4, -0.2) is 65.7 Å². The van der Waals surface area contributed by atoms with Crippen LogP contribution in [0.5, 0.6) is 0 Å². The average molecular weight is 299 g/mol. The molecule has 1 rings (SSSR count). The number of carbonyl (C=O) groups is 2. The quantitative estimate of drug-likeness (QED) is 0.751. The minimum absolute atomic E-state index is 0.00929. The molecule has 2 N–H and O–H groups in total. The molecule has 1 unspecified atom stereocenters. The Balaban J connectivity index is 2.29. The molecule has 122 valence electrons. The van der Waals surface area contributed by atoms with E-state index in [2.05, 4.69) is 17.1 Å². The fourth-order valence-corrected chi connectivity index (χ4v) is 2.73. The van der Waals surface area contributed by atoms with Crippen molar-refractivity contribution in [2.45, 2.75) is 58.0 Å². The van der Waals surface area contributed by atoms with Crippen molar-refractivity contribution < 1.29 is 14.7 Å². The molecule has 2 amide bonds. The average Bonchev–Trinajstić information content (AvgIpc) is 2.46. The van der Waals surface area contributed by atoms with Gasteiger partial charge in [0.1, 0.15) is 0 Å². The van der Waals surface area contributed by atoms with Crippen molar-refractivity contribution in [1.82, 2.24) is 15.1 Å². The number of aliphatic carboxylic acids is 1. The summed E-state index contributed by atoms with van der Waals surface area (Å²) in [6.07, 6.45) is 3.48. The molecule has 0 bridgehead atoms. The maximum Gasteiger partial charge on any atom is 0.317 e. The highest BCUT2D eigenvalue weighted by molar-refractivity contribution is 5.74. The van der Waals surface area contributed by atoms with Crippen molar-refractivity contribution >= 4 is 12.0 Å². The molecule has 0 aromatic rings. The van der Waals surface area contributed by atoms with Crippen LogP contribution in [0.2, 0.25) is 0 Å². The van der Waals surface area contributed by atoms with E-state index in [0.29, 0.717) is 18.9 Å². The number of carbonyl (C=O) groups excluding carboxylic acids is 1. The number of likely N-dealkylation sites (tertiary alicyclic amines) is 1. The van der Waals surface area contributed by atoms with Gasteiger partial charge >= 0.3 is 12.0 Å².